The minimum Gasteiger partial charge on any atom is -0.497 e. The summed E-state index contributed by atoms with van der Waals surface area (Å²) in [7, 11) is 6.58. The van der Waals surface area contributed by atoms with E-state index in [-0.39, 0.29) is 11.8 Å². The van der Waals surface area contributed by atoms with Crippen molar-refractivity contribution in [1.82, 2.24) is 9.80 Å². The third-order valence-electron chi connectivity index (χ3n) is 8.37. The summed E-state index contributed by atoms with van der Waals surface area (Å²) >= 11 is 0. The molecule has 48 heavy (non-hydrogen) atoms. The van der Waals surface area contributed by atoms with Crippen LogP contribution in [0.15, 0.2) is 97.1 Å². The fraction of sp³-hybridized carbons (Fsp3) is 0.350. The molecule has 4 rings (SSSR count). The quantitative estimate of drug-likeness (QED) is 0.0962. The van der Waals surface area contributed by atoms with Crippen LogP contribution in [-0.2, 0) is 35.8 Å². The van der Waals surface area contributed by atoms with E-state index in [2.05, 4.69) is 0 Å². The Morgan fingerprint density at radius 2 is 0.625 bits per heavy atom. The van der Waals surface area contributed by atoms with Gasteiger partial charge in [-0.3, -0.25) is 9.59 Å². The lowest BCUT2D eigenvalue weighted by Crippen LogP contribution is -2.30. The fourth-order valence-corrected chi connectivity index (χ4v) is 5.49. The summed E-state index contributed by atoms with van der Waals surface area (Å²) in [6.07, 6.45) is 4.23. The fourth-order valence-electron chi connectivity index (χ4n) is 5.49. The molecule has 0 bridgehead atoms. The number of carbonyl (C=O) groups excluding carboxylic acids is 2. The third-order valence-corrected chi connectivity index (χ3v) is 8.37. The van der Waals surface area contributed by atoms with Gasteiger partial charge < -0.3 is 28.7 Å². The molecular formula is C40H48N2O6. The van der Waals surface area contributed by atoms with Gasteiger partial charge in [0.2, 0.25) is 11.8 Å². The smallest absolute Gasteiger partial charge is 0.223 e. The molecule has 0 atom stereocenters. The number of ether oxygens (including phenoxy) is 4. The van der Waals surface area contributed by atoms with Crippen molar-refractivity contribution in [2.24, 2.45) is 0 Å². The Bertz CT molecular complexity index is 1320. The van der Waals surface area contributed by atoms with Gasteiger partial charge in [-0.2, -0.15) is 0 Å². The van der Waals surface area contributed by atoms with Gasteiger partial charge in [0.05, 0.1) is 28.4 Å². The van der Waals surface area contributed by atoms with Crippen LogP contribution in [0.25, 0.3) is 0 Å². The van der Waals surface area contributed by atoms with Crippen LogP contribution in [0, 0.1) is 0 Å². The first-order chi connectivity index (χ1) is 23.4. The van der Waals surface area contributed by atoms with E-state index in [1.165, 1.54) is 0 Å². The van der Waals surface area contributed by atoms with Crippen LogP contribution in [0.3, 0.4) is 0 Å². The Kier molecular flexibility index (Phi) is 14.2. The van der Waals surface area contributed by atoms with Crippen molar-refractivity contribution in [1.29, 1.82) is 0 Å². The number of nitrogens with zero attached hydrogens (tertiary/aromatic N) is 2. The normalized spacial score (nSPS) is 10.7. The molecule has 0 aliphatic carbocycles. The predicted molar refractivity (Wildman–Crippen MR) is 188 cm³/mol. The van der Waals surface area contributed by atoms with Crippen molar-refractivity contribution < 1.29 is 28.5 Å². The van der Waals surface area contributed by atoms with E-state index in [9.17, 15) is 9.59 Å². The molecule has 0 fully saturated rings. The summed E-state index contributed by atoms with van der Waals surface area (Å²) in [4.78, 5) is 30.7. The molecule has 0 saturated heterocycles. The molecule has 4 aromatic carbocycles. The van der Waals surface area contributed by atoms with Gasteiger partial charge in [0.1, 0.15) is 23.0 Å². The van der Waals surface area contributed by atoms with Crippen LogP contribution in [0.4, 0.5) is 0 Å². The number of methoxy groups -OCH3 is 4. The second-order valence-electron chi connectivity index (χ2n) is 11.8. The van der Waals surface area contributed by atoms with Crippen molar-refractivity contribution in [3.8, 4) is 23.0 Å². The molecule has 0 spiro atoms. The topological polar surface area (TPSA) is 77.5 Å². The van der Waals surface area contributed by atoms with Crippen molar-refractivity contribution in [3.63, 3.8) is 0 Å². The average Bonchev–Trinajstić information content (AvgIpc) is 3.13. The summed E-state index contributed by atoms with van der Waals surface area (Å²) in [6.45, 7) is 2.06. The zero-order valence-corrected chi connectivity index (χ0v) is 28.7. The highest BCUT2D eigenvalue weighted by Crippen LogP contribution is 2.21. The van der Waals surface area contributed by atoms with Gasteiger partial charge in [-0.15, -0.1) is 0 Å². The molecule has 0 unspecified atom stereocenters. The maximum atomic E-state index is 13.5. The van der Waals surface area contributed by atoms with E-state index in [0.717, 1.165) is 70.9 Å². The van der Waals surface area contributed by atoms with Crippen molar-refractivity contribution in [2.45, 2.75) is 64.7 Å². The largest absolute Gasteiger partial charge is 0.497 e. The second-order valence-corrected chi connectivity index (χ2v) is 11.8. The number of carbonyl (C=O) groups is 2. The number of unbranched alkanes of at least 4 members (excludes halogenated alkanes) is 3. The molecular weight excluding hydrogens is 604 g/mol. The lowest BCUT2D eigenvalue weighted by atomic mass is 10.1. The summed E-state index contributed by atoms with van der Waals surface area (Å²) in [5.74, 6) is 3.38. The molecule has 0 aliphatic heterocycles. The zero-order valence-electron chi connectivity index (χ0n) is 28.7. The van der Waals surface area contributed by atoms with Gasteiger partial charge in [0.25, 0.3) is 0 Å². The maximum Gasteiger partial charge on any atom is 0.223 e. The molecule has 0 radical (unpaired) electrons. The van der Waals surface area contributed by atoms with Gasteiger partial charge in [0, 0.05) is 39.0 Å². The van der Waals surface area contributed by atoms with E-state index < -0.39 is 0 Å². The van der Waals surface area contributed by atoms with Crippen LogP contribution >= 0.6 is 0 Å². The average molecular weight is 653 g/mol. The van der Waals surface area contributed by atoms with Crippen LogP contribution in [-0.4, -0.2) is 50.1 Å². The molecule has 2 amide bonds. The lowest BCUT2D eigenvalue weighted by molar-refractivity contribution is -0.133. The highest BCUT2D eigenvalue weighted by molar-refractivity contribution is 5.76. The first-order valence-electron chi connectivity index (χ1n) is 16.5. The summed E-state index contributed by atoms with van der Waals surface area (Å²) in [5.41, 5.74) is 4.19. The maximum absolute atomic E-state index is 13.5. The molecule has 4 aromatic rings. The standard InChI is InChI=1S/C40H48N2O6/c1-45-35-19-11-31(12-20-35)27-41(28-32-13-21-36(46-2)22-14-32)39(43)9-7-5-6-8-10-40(44)42(29-33-15-23-37(47-3)24-16-33)30-34-17-25-38(48-4)26-18-34/h11-26H,5-10,27-30H2,1-4H3. The molecule has 0 heterocycles. The first kappa shape index (κ1) is 35.9. The van der Waals surface area contributed by atoms with E-state index in [4.69, 9.17) is 18.9 Å². The number of benzene rings is 4. The monoisotopic (exact) mass is 652 g/mol. The van der Waals surface area contributed by atoms with Gasteiger partial charge in [-0.25, -0.2) is 0 Å². The summed E-state index contributed by atoms with van der Waals surface area (Å²) in [6, 6.07) is 31.3. The summed E-state index contributed by atoms with van der Waals surface area (Å²) in [5, 5.41) is 0. The van der Waals surface area contributed by atoms with Crippen LogP contribution in [0.5, 0.6) is 23.0 Å². The Labute approximate surface area is 285 Å². The molecule has 8 nitrogen and oxygen atoms in total. The van der Waals surface area contributed by atoms with Crippen molar-refractivity contribution in [2.75, 3.05) is 28.4 Å². The Morgan fingerprint density at radius 1 is 0.396 bits per heavy atom. The highest BCUT2D eigenvalue weighted by atomic mass is 16.5. The molecule has 0 saturated carbocycles. The second kappa shape index (κ2) is 19.0. The molecule has 0 aliphatic rings. The van der Waals surface area contributed by atoms with Crippen LogP contribution < -0.4 is 18.9 Å². The van der Waals surface area contributed by atoms with E-state index in [0.29, 0.717) is 39.0 Å². The minimum atomic E-state index is 0.114. The zero-order chi connectivity index (χ0) is 34.1. The van der Waals surface area contributed by atoms with Crippen molar-refractivity contribution >= 4 is 11.8 Å². The van der Waals surface area contributed by atoms with E-state index in [1.807, 2.05) is 107 Å². The van der Waals surface area contributed by atoms with E-state index >= 15 is 0 Å². The Balaban J connectivity index is 1.29. The third kappa shape index (κ3) is 11.4. The first-order valence-corrected chi connectivity index (χ1v) is 16.5. The van der Waals surface area contributed by atoms with Crippen LogP contribution in [0.1, 0.15) is 60.8 Å². The van der Waals surface area contributed by atoms with E-state index in [1.54, 1.807) is 28.4 Å². The molecule has 0 N–H and O–H groups in total. The number of hydrogen-bond acceptors (Lipinski definition) is 6. The Morgan fingerprint density at radius 3 is 0.833 bits per heavy atom. The number of hydrogen-bond donors (Lipinski definition) is 0. The number of amides is 2. The van der Waals surface area contributed by atoms with Gasteiger partial charge in [-0.05, 0) is 83.6 Å². The summed E-state index contributed by atoms with van der Waals surface area (Å²) < 4.78 is 21.2. The van der Waals surface area contributed by atoms with Crippen molar-refractivity contribution in [3.05, 3.63) is 119 Å². The lowest BCUT2D eigenvalue weighted by Gasteiger charge is -2.24. The SMILES string of the molecule is COc1ccc(CN(Cc2ccc(OC)cc2)C(=O)CCCCCCC(=O)N(Cc2ccc(OC)cc2)Cc2ccc(OC)cc2)cc1. The number of rotatable bonds is 19. The van der Waals surface area contributed by atoms with Gasteiger partial charge in [-0.1, -0.05) is 61.4 Å². The molecule has 254 valence electrons. The Hall–Kier alpha value is -4.98. The van der Waals surface area contributed by atoms with Crippen LogP contribution in [0.2, 0.25) is 0 Å². The molecule has 8 heteroatoms. The minimum absolute atomic E-state index is 0.114. The highest BCUT2D eigenvalue weighted by Gasteiger charge is 2.17. The predicted octanol–water partition coefficient (Wildman–Crippen LogP) is 7.82. The van der Waals surface area contributed by atoms with Gasteiger partial charge in [0.15, 0.2) is 0 Å². The van der Waals surface area contributed by atoms with Gasteiger partial charge >= 0.3 is 0 Å². The molecule has 0 aromatic heterocycles.